The molecule has 0 aliphatic carbocycles. The molecular formula is C16H17ClOS. The van der Waals surface area contributed by atoms with E-state index in [2.05, 4.69) is 32.0 Å². The summed E-state index contributed by atoms with van der Waals surface area (Å²) in [6, 6.07) is 12.2. The lowest BCUT2D eigenvalue weighted by molar-refractivity contribution is 0.199. The topological polar surface area (TPSA) is 20.2 Å². The van der Waals surface area contributed by atoms with Gasteiger partial charge in [0.15, 0.2) is 0 Å². The highest BCUT2D eigenvalue weighted by Gasteiger charge is 2.08. The van der Waals surface area contributed by atoms with E-state index in [1.165, 1.54) is 16.0 Å². The molecule has 100 valence electrons. The Bertz CT molecular complexity index is 593. The van der Waals surface area contributed by atoms with Gasteiger partial charge in [-0.2, -0.15) is 0 Å². The summed E-state index contributed by atoms with van der Waals surface area (Å²) in [5.41, 5.74) is 3.36. The quantitative estimate of drug-likeness (QED) is 0.843. The third kappa shape index (κ3) is 3.53. The Kier molecular flexibility index (Phi) is 4.56. The molecule has 2 rings (SSSR count). The van der Waals surface area contributed by atoms with Crippen LogP contribution in [0.3, 0.4) is 0 Å². The molecule has 0 bridgehead atoms. The summed E-state index contributed by atoms with van der Waals surface area (Å²) >= 11 is 7.85. The van der Waals surface area contributed by atoms with Gasteiger partial charge in [0, 0.05) is 14.8 Å². The van der Waals surface area contributed by atoms with Crippen molar-refractivity contribution in [1.29, 1.82) is 0 Å². The van der Waals surface area contributed by atoms with Crippen molar-refractivity contribution in [2.24, 2.45) is 0 Å². The molecule has 3 heteroatoms. The summed E-state index contributed by atoms with van der Waals surface area (Å²) in [5, 5.41) is 10.2. The molecular weight excluding hydrogens is 276 g/mol. The van der Waals surface area contributed by atoms with Crippen molar-refractivity contribution >= 4 is 23.4 Å². The zero-order valence-corrected chi connectivity index (χ0v) is 12.8. The average molecular weight is 293 g/mol. The Balaban J connectivity index is 2.24. The van der Waals surface area contributed by atoms with Crippen LogP contribution in [0.1, 0.15) is 29.7 Å². The minimum absolute atomic E-state index is 0.534. The van der Waals surface area contributed by atoms with E-state index in [9.17, 15) is 5.11 Å². The van der Waals surface area contributed by atoms with E-state index in [1.54, 1.807) is 18.7 Å². The molecule has 2 aromatic rings. The van der Waals surface area contributed by atoms with Crippen LogP contribution >= 0.6 is 23.4 Å². The van der Waals surface area contributed by atoms with Gasteiger partial charge < -0.3 is 5.11 Å². The number of hydrogen-bond donors (Lipinski definition) is 1. The Morgan fingerprint density at radius 2 is 1.63 bits per heavy atom. The summed E-state index contributed by atoms with van der Waals surface area (Å²) in [6.07, 6.45) is -0.534. The van der Waals surface area contributed by atoms with Crippen molar-refractivity contribution < 1.29 is 5.11 Å². The van der Waals surface area contributed by atoms with Gasteiger partial charge in [-0.15, -0.1) is 0 Å². The smallest absolute Gasteiger partial charge is 0.0776 e. The van der Waals surface area contributed by atoms with Crippen LogP contribution in [0.2, 0.25) is 5.02 Å². The molecule has 0 radical (unpaired) electrons. The summed E-state index contributed by atoms with van der Waals surface area (Å²) in [5.74, 6) is 0. The maximum Gasteiger partial charge on any atom is 0.0776 e. The van der Waals surface area contributed by atoms with Gasteiger partial charge in [-0.05, 0) is 61.7 Å². The average Bonchev–Trinajstić information content (AvgIpc) is 2.33. The molecule has 1 nitrogen and oxygen atoms in total. The van der Waals surface area contributed by atoms with Crippen LogP contribution < -0.4 is 0 Å². The fourth-order valence-electron chi connectivity index (χ4n) is 1.82. The highest BCUT2D eigenvalue weighted by atomic mass is 35.5. The first-order valence-corrected chi connectivity index (χ1v) is 7.39. The first kappa shape index (κ1) is 14.4. The lowest BCUT2D eigenvalue weighted by Gasteiger charge is -2.10. The van der Waals surface area contributed by atoms with Crippen LogP contribution in [-0.4, -0.2) is 5.11 Å². The van der Waals surface area contributed by atoms with Crippen molar-refractivity contribution in [2.75, 3.05) is 0 Å². The Morgan fingerprint density at radius 1 is 1.00 bits per heavy atom. The van der Waals surface area contributed by atoms with Crippen LogP contribution in [-0.2, 0) is 0 Å². The zero-order valence-electron chi connectivity index (χ0n) is 11.3. The van der Waals surface area contributed by atoms with Gasteiger partial charge in [-0.1, -0.05) is 35.5 Å². The highest BCUT2D eigenvalue weighted by Crippen LogP contribution is 2.33. The molecule has 0 saturated heterocycles. The van der Waals surface area contributed by atoms with Gasteiger partial charge in [-0.25, -0.2) is 0 Å². The number of aliphatic hydroxyl groups is 1. The first-order valence-electron chi connectivity index (χ1n) is 6.20. The van der Waals surface area contributed by atoms with Crippen LogP contribution in [0.15, 0.2) is 46.2 Å². The van der Waals surface area contributed by atoms with Crippen molar-refractivity contribution in [3.8, 4) is 0 Å². The minimum Gasteiger partial charge on any atom is -0.389 e. The van der Waals surface area contributed by atoms with Gasteiger partial charge in [-0.3, -0.25) is 0 Å². The van der Waals surface area contributed by atoms with Crippen molar-refractivity contribution in [1.82, 2.24) is 0 Å². The fraction of sp³-hybridized carbons (Fsp3) is 0.250. The van der Waals surface area contributed by atoms with Gasteiger partial charge in [0.25, 0.3) is 0 Å². The second-order valence-corrected chi connectivity index (χ2v) is 6.26. The van der Waals surface area contributed by atoms with E-state index in [0.29, 0.717) is 5.02 Å². The molecule has 1 N–H and O–H groups in total. The van der Waals surface area contributed by atoms with E-state index in [0.717, 1.165) is 10.5 Å². The molecule has 19 heavy (non-hydrogen) atoms. The Morgan fingerprint density at radius 3 is 2.21 bits per heavy atom. The normalized spacial score (nSPS) is 12.5. The van der Waals surface area contributed by atoms with E-state index < -0.39 is 6.10 Å². The minimum atomic E-state index is -0.534. The SMILES string of the molecule is Cc1ccc(Sc2ccc(C(C)O)c(Cl)c2)cc1C. The van der Waals surface area contributed by atoms with Gasteiger partial charge >= 0.3 is 0 Å². The predicted octanol–water partition coefficient (Wildman–Crippen LogP) is 5.16. The maximum atomic E-state index is 9.56. The van der Waals surface area contributed by atoms with Crippen LogP contribution in [0.25, 0.3) is 0 Å². The molecule has 2 aromatic carbocycles. The van der Waals surface area contributed by atoms with E-state index in [-0.39, 0.29) is 0 Å². The summed E-state index contributed by atoms with van der Waals surface area (Å²) in [6.45, 7) is 5.94. The number of aliphatic hydroxyl groups excluding tert-OH is 1. The Hall–Kier alpha value is -0.960. The number of aryl methyl sites for hydroxylation is 2. The summed E-state index contributed by atoms with van der Waals surface area (Å²) in [7, 11) is 0. The van der Waals surface area contributed by atoms with Crippen LogP contribution in [0.5, 0.6) is 0 Å². The fourth-order valence-corrected chi connectivity index (χ4v) is 3.18. The second-order valence-electron chi connectivity index (χ2n) is 4.71. The zero-order chi connectivity index (χ0) is 14.0. The third-order valence-corrected chi connectivity index (χ3v) is 4.44. The number of halogens is 1. The molecule has 1 atom stereocenters. The predicted molar refractivity (Wildman–Crippen MR) is 82.1 cm³/mol. The molecule has 0 aliphatic heterocycles. The van der Waals surface area contributed by atoms with Crippen molar-refractivity contribution in [2.45, 2.75) is 36.7 Å². The molecule has 0 aromatic heterocycles. The standard InChI is InChI=1S/C16H17ClOS/c1-10-4-5-13(8-11(10)2)19-14-6-7-15(12(3)18)16(17)9-14/h4-9,12,18H,1-3H3. The number of benzene rings is 2. The van der Waals surface area contributed by atoms with E-state index >= 15 is 0 Å². The monoisotopic (exact) mass is 292 g/mol. The lowest BCUT2D eigenvalue weighted by atomic mass is 10.1. The third-order valence-electron chi connectivity index (χ3n) is 3.14. The molecule has 0 amide bonds. The summed E-state index contributed by atoms with van der Waals surface area (Å²) < 4.78 is 0. The van der Waals surface area contributed by atoms with E-state index in [1.807, 2.05) is 18.2 Å². The first-order chi connectivity index (χ1) is 8.97. The maximum absolute atomic E-state index is 9.56. The van der Waals surface area contributed by atoms with Crippen LogP contribution in [0, 0.1) is 13.8 Å². The summed E-state index contributed by atoms with van der Waals surface area (Å²) in [4.78, 5) is 2.28. The van der Waals surface area contributed by atoms with Crippen molar-refractivity contribution in [3.63, 3.8) is 0 Å². The molecule has 0 saturated carbocycles. The Labute approximate surface area is 123 Å². The van der Waals surface area contributed by atoms with E-state index in [4.69, 9.17) is 11.6 Å². The van der Waals surface area contributed by atoms with Crippen molar-refractivity contribution in [3.05, 3.63) is 58.1 Å². The second kappa shape index (κ2) is 6.00. The lowest BCUT2D eigenvalue weighted by Crippen LogP contribution is -1.92. The molecule has 0 spiro atoms. The van der Waals surface area contributed by atoms with Gasteiger partial charge in [0.2, 0.25) is 0 Å². The molecule has 1 unspecified atom stereocenters. The largest absolute Gasteiger partial charge is 0.389 e. The van der Waals surface area contributed by atoms with Gasteiger partial charge in [0.1, 0.15) is 0 Å². The number of hydrogen-bond acceptors (Lipinski definition) is 2. The molecule has 0 fully saturated rings. The molecule has 0 heterocycles. The van der Waals surface area contributed by atoms with Gasteiger partial charge in [0.05, 0.1) is 6.10 Å². The number of rotatable bonds is 3. The van der Waals surface area contributed by atoms with Crippen LogP contribution in [0.4, 0.5) is 0 Å². The highest BCUT2D eigenvalue weighted by molar-refractivity contribution is 7.99. The molecule has 0 aliphatic rings.